The molecule has 0 N–H and O–H groups in total. The van der Waals surface area contributed by atoms with Crippen molar-refractivity contribution in [2.45, 2.75) is 38.5 Å². The van der Waals surface area contributed by atoms with Crippen LogP contribution in [0.25, 0.3) is 16.9 Å². The number of fused-ring (bicyclic) bond motifs is 1. The Morgan fingerprint density at radius 3 is 2.49 bits per heavy atom. The molecule has 1 fully saturated rings. The molecule has 0 radical (unpaired) electrons. The molecule has 6 rings (SSSR count). The minimum atomic E-state index is 0.293. The van der Waals surface area contributed by atoms with Gasteiger partial charge in [0.1, 0.15) is 17.5 Å². The van der Waals surface area contributed by atoms with Crippen LogP contribution in [0.15, 0.2) is 54.7 Å². The van der Waals surface area contributed by atoms with Gasteiger partial charge in [-0.1, -0.05) is 6.07 Å². The van der Waals surface area contributed by atoms with Crippen molar-refractivity contribution in [3.8, 4) is 17.3 Å². The lowest BCUT2D eigenvalue weighted by Gasteiger charge is -2.11. The molecule has 186 valence electrons. The van der Waals surface area contributed by atoms with Gasteiger partial charge in [-0.2, -0.15) is 4.68 Å². The lowest BCUT2D eigenvalue weighted by atomic mass is 10.1. The predicted octanol–water partition coefficient (Wildman–Crippen LogP) is 4.50. The van der Waals surface area contributed by atoms with E-state index in [-0.39, 0.29) is 0 Å². The van der Waals surface area contributed by atoms with Crippen LogP contribution in [0, 0.1) is 13.8 Å². The normalized spacial score (nSPS) is 16.6. The Labute approximate surface area is 214 Å². The topological polar surface area (TPSA) is 101 Å². The fourth-order valence-electron chi connectivity index (χ4n) is 4.83. The van der Waals surface area contributed by atoms with Crippen LogP contribution in [0.3, 0.4) is 0 Å². The van der Waals surface area contributed by atoms with Crippen LogP contribution < -0.4 is 9.47 Å². The first-order chi connectivity index (χ1) is 18.0. The quantitative estimate of drug-likeness (QED) is 0.327. The molecule has 0 aliphatic heterocycles. The monoisotopic (exact) mass is 493 g/mol. The maximum absolute atomic E-state index is 5.47. The van der Waals surface area contributed by atoms with Gasteiger partial charge >= 0.3 is 0 Å². The van der Waals surface area contributed by atoms with E-state index in [0.717, 1.165) is 46.0 Å². The number of hydrogen-bond acceptors (Lipinski definition) is 8. The molecule has 2 atom stereocenters. The van der Waals surface area contributed by atoms with Crippen LogP contribution in [0.5, 0.6) is 11.5 Å². The van der Waals surface area contributed by atoms with Gasteiger partial charge in [-0.15, -0.1) is 5.10 Å². The SMILES string of the molecule is COc1ccc(Cc2nc(C)nn2-c2cc([C@H]3C[C@H]3c3ccc4ncccc4n3)nc(C)n2)cc1OC. The Morgan fingerprint density at radius 2 is 1.65 bits per heavy atom. The van der Waals surface area contributed by atoms with Gasteiger partial charge in [0.15, 0.2) is 17.3 Å². The summed E-state index contributed by atoms with van der Waals surface area (Å²) in [4.78, 5) is 23.4. The largest absolute Gasteiger partial charge is 0.493 e. The van der Waals surface area contributed by atoms with Crippen molar-refractivity contribution in [3.63, 3.8) is 0 Å². The van der Waals surface area contributed by atoms with Crippen LogP contribution in [0.2, 0.25) is 0 Å². The highest BCUT2D eigenvalue weighted by Gasteiger charge is 2.42. The van der Waals surface area contributed by atoms with Crippen LogP contribution in [0.1, 0.15) is 52.7 Å². The second kappa shape index (κ2) is 9.24. The number of aryl methyl sites for hydroxylation is 2. The molecule has 1 aliphatic rings. The standard InChI is InChI=1S/C28H27N7O2/c1-16-30-24(20-14-19(20)21-8-9-22-23(33-21)6-5-11-29-22)15-28(31-16)35-27(32-17(2)34-35)13-18-7-10-25(36-3)26(12-18)37-4/h5-12,15,19-20H,13-14H2,1-4H3/t19-,20+/m1/s1. The number of ether oxygens (including phenoxy) is 2. The Bertz CT molecular complexity index is 1610. The molecule has 37 heavy (non-hydrogen) atoms. The highest BCUT2D eigenvalue weighted by atomic mass is 16.5. The Balaban J connectivity index is 1.29. The summed E-state index contributed by atoms with van der Waals surface area (Å²) in [5, 5.41) is 4.67. The second-order valence-corrected chi connectivity index (χ2v) is 9.28. The molecule has 0 amide bonds. The van der Waals surface area contributed by atoms with E-state index in [0.29, 0.717) is 41.4 Å². The first-order valence-corrected chi connectivity index (χ1v) is 12.2. The molecule has 0 spiro atoms. The summed E-state index contributed by atoms with van der Waals surface area (Å²) in [6, 6.07) is 16.0. The van der Waals surface area contributed by atoms with Gasteiger partial charge in [-0.05, 0) is 62.2 Å². The molecule has 0 bridgehead atoms. The maximum Gasteiger partial charge on any atom is 0.161 e. The molecule has 4 aromatic heterocycles. The fraction of sp³-hybridized carbons (Fsp3) is 0.286. The van der Waals surface area contributed by atoms with Crippen LogP contribution >= 0.6 is 0 Å². The fourth-order valence-corrected chi connectivity index (χ4v) is 4.83. The van der Waals surface area contributed by atoms with E-state index in [9.17, 15) is 0 Å². The molecule has 9 nitrogen and oxygen atoms in total. The molecule has 9 heteroatoms. The van der Waals surface area contributed by atoms with Crippen molar-refractivity contribution >= 4 is 11.0 Å². The molecular formula is C28H27N7O2. The smallest absolute Gasteiger partial charge is 0.161 e. The number of rotatable bonds is 7. The van der Waals surface area contributed by atoms with Crippen LogP contribution in [-0.2, 0) is 6.42 Å². The van der Waals surface area contributed by atoms with Gasteiger partial charge in [0.25, 0.3) is 0 Å². The van der Waals surface area contributed by atoms with E-state index in [1.54, 1.807) is 20.4 Å². The first-order valence-electron chi connectivity index (χ1n) is 12.2. The number of benzene rings is 1. The van der Waals surface area contributed by atoms with Crippen molar-refractivity contribution in [1.82, 2.24) is 34.7 Å². The molecule has 4 heterocycles. The van der Waals surface area contributed by atoms with Gasteiger partial charge in [0.2, 0.25) is 0 Å². The molecular weight excluding hydrogens is 466 g/mol. The number of aromatic nitrogens is 7. The third kappa shape index (κ3) is 4.48. The molecule has 0 saturated heterocycles. The van der Waals surface area contributed by atoms with Crippen molar-refractivity contribution < 1.29 is 9.47 Å². The van der Waals surface area contributed by atoms with Gasteiger partial charge in [-0.3, -0.25) is 9.97 Å². The number of nitrogens with zero attached hydrogens (tertiary/aromatic N) is 7. The number of methoxy groups -OCH3 is 2. The minimum Gasteiger partial charge on any atom is -0.493 e. The summed E-state index contributed by atoms with van der Waals surface area (Å²) in [5.74, 6) is 4.91. The maximum atomic E-state index is 5.47. The number of pyridine rings is 2. The summed E-state index contributed by atoms with van der Waals surface area (Å²) in [7, 11) is 3.26. The summed E-state index contributed by atoms with van der Waals surface area (Å²) in [6.07, 6.45) is 3.37. The van der Waals surface area contributed by atoms with Crippen LogP contribution in [-0.4, -0.2) is 48.9 Å². The van der Waals surface area contributed by atoms with Crippen LogP contribution in [0.4, 0.5) is 0 Å². The minimum absolute atomic E-state index is 0.293. The molecule has 1 saturated carbocycles. The van der Waals surface area contributed by atoms with E-state index in [2.05, 4.69) is 16.1 Å². The highest BCUT2D eigenvalue weighted by Crippen LogP contribution is 2.53. The first kappa shape index (κ1) is 23.0. The molecule has 0 unspecified atom stereocenters. The van der Waals surface area contributed by atoms with E-state index in [1.165, 1.54) is 0 Å². The van der Waals surface area contributed by atoms with E-state index in [1.807, 2.05) is 61.0 Å². The summed E-state index contributed by atoms with van der Waals surface area (Å²) < 4.78 is 12.7. The summed E-state index contributed by atoms with van der Waals surface area (Å²) in [5.41, 5.74) is 4.95. The molecule has 1 aromatic carbocycles. The van der Waals surface area contributed by atoms with Crippen molar-refractivity contribution in [2.75, 3.05) is 14.2 Å². The zero-order valence-corrected chi connectivity index (χ0v) is 21.2. The average molecular weight is 494 g/mol. The van der Waals surface area contributed by atoms with Gasteiger partial charge in [0, 0.05) is 36.2 Å². The Morgan fingerprint density at radius 1 is 0.811 bits per heavy atom. The predicted molar refractivity (Wildman–Crippen MR) is 138 cm³/mol. The molecule has 5 aromatic rings. The second-order valence-electron chi connectivity index (χ2n) is 9.28. The Kier molecular flexibility index (Phi) is 5.75. The lowest BCUT2D eigenvalue weighted by Crippen LogP contribution is -2.09. The van der Waals surface area contributed by atoms with Crippen molar-refractivity contribution in [2.24, 2.45) is 0 Å². The Hall–Kier alpha value is -4.40. The highest BCUT2D eigenvalue weighted by molar-refractivity contribution is 5.73. The van der Waals surface area contributed by atoms with Crippen molar-refractivity contribution in [3.05, 3.63) is 89.2 Å². The summed E-state index contributed by atoms with van der Waals surface area (Å²) in [6.45, 7) is 3.81. The average Bonchev–Trinajstić information content (AvgIpc) is 3.64. The number of hydrogen-bond donors (Lipinski definition) is 0. The van der Waals surface area contributed by atoms with Gasteiger partial charge in [0.05, 0.1) is 30.9 Å². The lowest BCUT2D eigenvalue weighted by molar-refractivity contribution is 0.354. The van der Waals surface area contributed by atoms with E-state index >= 15 is 0 Å². The zero-order valence-electron chi connectivity index (χ0n) is 21.2. The summed E-state index contributed by atoms with van der Waals surface area (Å²) >= 11 is 0. The van der Waals surface area contributed by atoms with Gasteiger partial charge < -0.3 is 9.47 Å². The van der Waals surface area contributed by atoms with Crippen molar-refractivity contribution in [1.29, 1.82) is 0 Å². The zero-order chi connectivity index (χ0) is 25.5. The molecule has 1 aliphatic carbocycles. The van der Waals surface area contributed by atoms with E-state index in [4.69, 9.17) is 29.4 Å². The van der Waals surface area contributed by atoms with Gasteiger partial charge in [-0.25, -0.2) is 15.0 Å². The van der Waals surface area contributed by atoms with E-state index < -0.39 is 0 Å². The third-order valence-electron chi connectivity index (χ3n) is 6.68. The third-order valence-corrected chi connectivity index (χ3v) is 6.68.